The third-order valence-electron chi connectivity index (χ3n) is 22.7. The molecule has 130 heavy (non-hydrogen) atoms. The third kappa shape index (κ3) is 35.4. The molecule has 2 aliphatic rings. The van der Waals surface area contributed by atoms with Crippen LogP contribution < -0.4 is 28.4 Å². The first kappa shape index (κ1) is 106. The normalized spacial score (nSPS) is 12.5. The van der Waals surface area contributed by atoms with Gasteiger partial charge in [0.15, 0.2) is 0 Å². The highest BCUT2D eigenvalue weighted by molar-refractivity contribution is 6.07. The molecule has 7 aromatic carbocycles. The predicted molar refractivity (Wildman–Crippen MR) is 539 cm³/mol. The largest absolute Gasteiger partial charge is 0.493 e. The molecular weight excluding hydrogens is 1630 g/mol. The minimum absolute atomic E-state index is 0.208. The van der Waals surface area contributed by atoms with E-state index in [1.807, 2.05) is 72.4 Å². The summed E-state index contributed by atoms with van der Waals surface area (Å²) in [7, 11) is 18.3. The molecule has 4 aromatic heterocycles. The Kier molecular flexibility index (Phi) is 46.7. The van der Waals surface area contributed by atoms with Gasteiger partial charge >= 0.3 is 0 Å². The summed E-state index contributed by atoms with van der Waals surface area (Å²) in [6.45, 7) is 46.6. The van der Waals surface area contributed by atoms with E-state index in [-0.39, 0.29) is 6.10 Å². The summed E-state index contributed by atoms with van der Waals surface area (Å²) in [5.74, 6) is 7.11. The maximum Gasteiger partial charge on any atom is 0.129 e. The van der Waals surface area contributed by atoms with Gasteiger partial charge in [-0.3, -0.25) is 30.0 Å². The van der Waals surface area contributed by atoms with Crippen LogP contribution in [0.4, 0.5) is 0 Å². The van der Waals surface area contributed by atoms with Crippen molar-refractivity contribution in [2.75, 3.05) is 149 Å². The van der Waals surface area contributed by atoms with Gasteiger partial charge in [-0.1, -0.05) is 157 Å². The molecule has 24 heteroatoms. The Morgan fingerprint density at radius 2 is 0.838 bits per heavy atom. The number of hydrogen-bond acceptors (Lipinski definition) is 20. The van der Waals surface area contributed by atoms with Crippen LogP contribution in [0.25, 0.3) is 43.6 Å². The number of H-pyrrole nitrogens is 3. The maximum atomic E-state index is 6.11. The molecular formula is C106H160N16O8. The van der Waals surface area contributed by atoms with E-state index in [9.17, 15) is 0 Å². The lowest BCUT2D eigenvalue weighted by atomic mass is 10.0. The first-order valence-corrected chi connectivity index (χ1v) is 48.0. The minimum atomic E-state index is 0.208. The van der Waals surface area contributed by atoms with Gasteiger partial charge in [-0.15, -0.1) is 0 Å². The first-order chi connectivity index (χ1) is 62.9. The SMILES string of the molecule is CCCCN(C)Cc1[nH]nc2ccc(OC(C)C(C)C)cc12.CCCCN(C)Cc1[nH]nc2ccc(OCCCOC)cc12.CCCCN(C)Cc1[nH]nc2ccc(OCCOC)cc12.CCCCN(C)Cc1nn(C)c2ccc(OCC(C)C)cc12.CCCN(C)CC1=NCc2ccc(OCC(C)C)cc21.CCCN(C)CC1=NCc2cccc(OCc3ccccc3)c21. The summed E-state index contributed by atoms with van der Waals surface area (Å²) in [5.41, 5.74) is 17.3. The number of benzene rings is 7. The van der Waals surface area contributed by atoms with E-state index in [2.05, 4.69) is 276 Å². The predicted octanol–water partition coefficient (Wildman–Crippen LogP) is 21.4. The van der Waals surface area contributed by atoms with Crippen molar-refractivity contribution in [1.29, 1.82) is 0 Å². The van der Waals surface area contributed by atoms with Gasteiger partial charge in [0.2, 0.25) is 0 Å². The zero-order chi connectivity index (χ0) is 93.7. The second kappa shape index (κ2) is 57.5. The first-order valence-electron chi connectivity index (χ1n) is 48.0. The molecule has 3 N–H and O–H groups in total. The van der Waals surface area contributed by atoms with E-state index >= 15 is 0 Å². The maximum absolute atomic E-state index is 6.11. The second-order valence-corrected chi connectivity index (χ2v) is 36.2. The van der Waals surface area contributed by atoms with Gasteiger partial charge in [0.05, 0.1) is 102 Å². The number of aliphatic imine (C=N–C) groups is 2. The second-order valence-electron chi connectivity index (χ2n) is 36.2. The number of likely N-dealkylation sites (N-methyl/N-ethyl adjacent to an activating group) is 2. The quantitative estimate of drug-likeness (QED) is 0.0302. The Balaban J connectivity index is 0.000000193. The molecule has 2 aliphatic heterocycles. The number of aryl methyl sites for hydroxylation is 1. The fourth-order valence-corrected chi connectivity index (χ4v) is 15.0. The molecule has 0 fully saturated rings. The van der Waals surface area contributed by atoms with Crippen LogP contribution in [0.1, 0.15) is 211 Å². The number of aromatic nitrogens is 8. The smallest absolute Gasteiger partial charge is 0.129 e. The summed E-state index contributed by atoms with van der Waals surface area (Å²) < 4.78 is 47.3. The molecule has 13 rings (SSSR count). The van der Waals surface area contributed by atoms with Gasteiger partial charge in [-0.05, 0) is 252 Å². The van der Waals surface area contributed by atoms with Crippen LogP contribution in [-0.2, 0) is 62.4 Å². The van der Waals surface area contributed by atoms with Crippen molar-refractivity contribution in [1.82, 2.24) is 69.8 Å². The summed E-state index contributed by atoms with van der Waals surface area (Å²) >= 11 is 0. The summed E-state index contributed by atoms with van der Waals surface area (Å²) in [4.78, 5) is 23.4. The Hall–Kier alpha value is -9.76. The average Bonchev–Trinajstić information content (AvgIpc) is 1.67. The van der Waals surface area contributed by atoms with E-state index in [1.165, 1.54) is 96.7 Å². The molecule has 11 aromatic rings. The Morgan fingerprint density at radius 3 is 1.35 bits per heavy atom. The van der Waals surface area contributed by atoms with Crippen LogP contribution >= 0.6 is 0 Å². The lowest BCUT2D eigenvalue weighted by molar-refractivity contribution is 0.146. The van der Waals surface area contributed by atoms with Crippen LogP contribution in [0.3, 0.4) is 0 Å². The van der Waals surface area contributed by atoms with Gasteiger partial charge in [0.1, 0.15) is 47.7 Å². The van der Waals surface area contributed by atoms with Gasteiger partial charge in [-0.2, -0.15) is 20.4 Å². The van der Waals surface area contributed by atoms with Crippen LogP contribution in [0.2, 0.25) is 0 Å². The number of fused-ring (bicyclic) bond motifs is 6. The van der Waals surface area contributed by atoms with Gasteiger partial charge in [-0.25, -0.2) is 0 Å². The van der Waals surface area contributed by atoms with E-state index in [0.717, 1.165) is 225 Å². The number of nitrogens with one attached hydrogen (secondary N) is 3. The topological polar surface area (TPSA) is 222 Å². The lowest BCUT2D eigenvalue weighted by Crippen LogP contribution is -2.26. The third-order valence-corrected chi connectivity index (χ3v) is 22.7. The van der Waals surface area contributed by atoms with Crippen molar-refractivity contribution in [3.8, 4) is 34.5 Å². The molecule has 0 bridgehead atoms. The number of ether oxygens (including phenoxy) is 8. The van der Waals surface area contributed by atoms with E-state index in [4.69, 9.17) is 48.0 Å². The average molecular weight is 1790 g/mol. The van der Waals surface area contributed by atoms with Crippen molar-refractivity contribution < 1.29 is 37.9 Å². The van der Waals surface area contributed by atoms with Gasteiger partial charge < -0.3 is 67.3 Å². The molecule has 0 aliphatic carbocycles. The minimum Gasteiger partial charge on any atom is -0.493 e. The summed E-state index contributed by atoms with van der Waals surface area (Å²) in [6, 6.07) is 47.4. The van der Waals surface area contributed by atoms with Crippen LogP contribution in [0.15, 0.2) is 150 Å². The number of methoxy groups -OCH3 is 2. The standard InChI is InChI=1S/C20H24N2O.2C18H29N3O.C17H27N3O2.C17H26N2O.C16H25N3O2/c1-3-12-22(2)14-18-20-17(13-21-18)10-7-11-19(20)23-15-16-8-5-4-6-9-16;1-6-7-10-20(4)12-17-16-11-15(22-13-14(2)3)8-9-18(16)21(5)19-17;1-6-7-10-21(5)12-18-16-11-15(22-14(4)13(2)3)8-9-17(16)19-20-18;1-4-5-9-20(2)13-17-15-12-14(22-11-6-10-21-3)7-8-16(15)18-19-17;1-5-8-19(4)11-17-16-9-15(20-12-13(2)3)7-6-14(16)10-18-17;1-4-5-8-19(2)12-16-14-11-13(21-10-9-20-3)6-7-15(14)17-18-16/h4-11H,3,12-15H2,1-2H3;8-9,11,14H,6-7,10,12-13H2,1-5H3;8-9,11,13-14H,6-7,10,12H2,1-5H3,(H,19,20);7-8,12H,4-6,9-11,13H2,1-3H3,(H,18,19);6-7,9,13H,5,8,10-12H2,1-4H3;6-7,11H,4-5,8-10,12H2,1-3H3,(H,17,18). The van der Waals surface area contributed by atoms with Crippen molar-refractivity contribution in [3.63, 3.8) is 0 Å². The van der Waals surface area contributed by atoms with Crippen molar-refractivity contribution in [2.45, 2.75) is 213 Å². The molecule has 0 saturated heterocycles. The molecule has 0 saturated carbocycles. The fraction of sp³-hybridized carbons (Fsp3) is 0.547. The lowest BCUT2D eigenvalue weighted by Gasteiger charge is -2.18. The molecule has 712 valence electrons. The van der Waals surface area contributed by atoms with Gasteiger partial charge in [0, 0.05) is 106 Å². The molecule has 0 spiro atoms. The molecule has 6 heterocycles. The molecule has 0 radical (unpaired) electrons. The van der Waals surface area contributed by atoms with Crippen molar-refractivity contribution in [3.05, 3.63) is 190 Å². The monoisotopic (exact) mass is 1790 g/mol. The zero-order valence-electron chi connectivity index (χ0n) is 83.3. The number of aromatic amines is 3. The fourth-order valence-electron chi connectivity index (χ4n) is 15.0. The molecule has 1 unspecified atom stereocenters. The molecule has 1 atom stereocenters. The van der Waals surface area contributed by atoms with Crippen molar-refractivity contribution in [2.24, 2.45) is 34.8 Å². The Morgan fingerprint density at radius 1 is 0.392 bits per heavy atom. The highest BCUT2D eigenvalue weighted by Gasteiger charge is 2.24. The van der Waals surface area contributed by atoms with Crippen LogP contribution in [0.5, 0.6) is 34.5 Å². The number of hydrogen-bond donors (Lipinski definition) is 3. The number of rotatable bonds is 49. The number of unbranched alkanes of at least 4 members (excludes halogenated alkanes) is 4. The van der Waals surface area contributed by atoms with Crippen LogP contribution in [-0.4, -0.2) is 236 Å². The Bertz CT molecular complexity index is 5090. The Labute approximate surface area is 778 Å². The molecule has 24 nitrogen and oxygen atoms in total. The van der Waals surface area contributed by atoms with E-state index in [1.54, 1.807) is 14.2 Å². The van der Waals surface area contributed by atoms with Crippen LogP contribution in [0, 0.1) is 17.8 Å². The zero-order valence-corrected chi connectivity index (χ0v) is 83.3. The van der Waals surface area contributed by atoms with Gasteiger partial charge in [0.25, 0.3) is 0 Å². The number of nitrogens with zero attached hydrogens (tertiary/aromatic N) is 13. The van der Waals surface area contributed by atoms with Crippen molar-refractivity contribution >= 4 is 55.0 Å². The summed E-state index contributed by atoms with van der Waals surface area (Å²) in [6.07, 6.45) is 13.2. The molecule has 0 amide bonds. The highest BCUT2D eigenvalue weighted by atomic mass is 16.5. The van der Waals surface area contributed by atoms with E-state index in [0.29, 0.717) is 44.2 Å². The van der Waals surface area contributed by atoms with E-state index < -0.39 is 0 Å². The highest BCUT2D eigenvalue weighted by Crippen LogP contribution is 2.33. The summed E-state index contributed by atoms with van der Waals surface area (Å²) in [5, 5.41) is 31.9.